The first-order valence-corrected chi connectivity index (χ1v) is 8.47. The monoisotopic (exact) mass is 320 g/mol. The molecule has 0 bridgehead atoms. The molecule has 1 aliphatic rings. The van der Waals surface area contributed by atoms with Gasteiger partial charge >= 0.3 is 0 Å². The number of rotatable bonds is 7. The molecule has 1 heterocycles. The van der Waals surface area contributed by atoms with Crippen LogP contribution in [0.25, 0.3) is 0 Å². The molecular weight excluding hydrogens is 292 g/mol. The Morgan fingerprint density at radius 2 is 2.22 bits per heavy atom. The standard InChI is InChI=1S/C18H28N2O3/c1-3-13(2)10-11-18(19,22)12-23-16-8-5-7-15-14(16)6-4-9-17(21)20-15/h5,7-8,13,22H,3-4,6,9-12,19H2,1-2H3,(H,20,21). The molecule has 0 spiro atoms. The van der Waals surface area contributed by atoms with Gasteiger partial charge in [0.1, 0.15) is 18.1 Å². The van der Waals surface area contributed by atoms with E-state index in [9.17, 15) is 9.90 Å². The van der Waals surface area contributed by atoms with Gasteiger partial charge in [-0.2, -0.15) is 0 Å². The van der Waals surface area contributed by atoms with Gasteiger partial charge in [-0.25, -0.2) is 0 Å². The van der Waals surface area contributed by atoms with Gasteiger partial charge < -0.3 is 20.9 Å². The van der Waals surface area contributed by atoms with Gasteiger partial charge in [-0.15, -0.1) is 0 Å². The van der Waals surface area contributed by atoms with Crippen LogP contribution in [-0.2, 0) is 11.2 Å². The first-order valence-electron chi connectivity index (χ1n) is 8.47. The molecular formula is C18H28N2O3. The van der Waals surface area contributed by atoms with Crippen molar-refractivity contribution < 1.29 is 14.6 Å². The van der Waals surface area contributed by atoms with Crippen molar-refractivity contribution >= 4 is 11.6 Å². The summed E-state index contributed by atoms with van der Waals surface area (Å²) < 4.78 is 5.80. The highest BCUT2D eigenvalue weighted by Crippen LogP contribution is 2.31. The van der Waals surface area contributed by atoms with Gasteiger partial charge in [-0.05, 0) is 43.7 Å². The summed E-state index contributed by atoms with van der Waals surface area (Å²) in [6, 6.07) is 5.58. The van der Waals surface area contributed by atoms with E-state index in [0.717, 1.165) is 36.9 Å². The topological polar surface area (TPSA) is 84.6 Å². The normalized spacial score (nSPS) is 18.3. The lowest BCUT2D eigenvalue weighted by Crippen LogP contribution is -2.45. The predicted octanol–water partition coefficient (Wildman–Crippen LogP) is 2.81. The third-order valence-corrected chi connectivity index (χ3v) is 4.48. The molecule has 2 unspecified atom stereocenters. The zero-order valence-electron chi connectivity index (χ0n) is 14.1. The number of hydrogen-bond donors (Lipinski definition) is 3. The quantitative estimate of drug-likeness (QED) is 0.674. The molecule has 0 fully saturated rings. The lowest BCUT2D eigenvalue weighted by atomic mass is 9.98. The minimum absolute atomic E-state index is 0.0322. The molecule has 1 aliphatic heterocycles. The maximum absolute atomic E-state index is 11.6. The Labute approximate surface area is 138 Å². The molecule has 128 valence electrons. The van der Waals surface area contributed by atoms with E-state index >= 15 is 0 Å². The number of aliphatic hydroxyl groups is 1. The Morgan fingerprint density at radius 1 is 1.43 bits per heavy atom. The van der Waals surface area contributed by atoms with Crippen LogP contribution in [0.3, 0.4) is 0 Å². The van der Waals surface area contributed by atoms with E-state index < -0.39 is 5.72 Å². The molecule has 0 radical (unpaired) electrons. The van der Waals surface area contributed by atoms with Crippen molar-refractivity contribution in [3.8, 4) is 5.75 Å². The van der Waals surface area contributed by atoms with Gasteiger partial charge in [0, 0.05) is 17.7 Å². The van der Waals surface area contributed by atoms with Crippen LogP contribution in [0.15, 0.2) is 18.2 Å². The highest BCUT2D eigenvalue weighted by atomic mass is 16.5. The Balaban J connectivity index is 2.00. The van der Waals surface area contributed by atoms with Crippen LogP contribution < -0.4 is 15.8 Å². The summed E-state index contributed by atoms with van der Waals surface area (Å²) in [4.78, 5) is 11.6. The van der Waals surface area contributed by atoms with Gasteiger partial charge in [0.15, 0.2) is 0 Å². The van der Waals surface area contributed by atoms with Gasteiger partial charge in [-0.1, -0.05) is 26.3 Å². The molecule has 5 heteroatoms. The molecule has 23 heavy (non-hydrogen) atoms. The largest absolute Gasteiger partial charge is 0.489 e. The van der Waals surface area contributed by atoms with E-state index in [-0.39, 0.29) is 12.5 Å². The van der Waals surface area contributed by atoms with E-state index in [1.807, 2.05) is 18.2 Å². The van der Waals surface area contributed by atoms with Crippen LogP contribution in [0.4, 0.5) is 5.69 Å². The second kappa shape index (κ2) is 7.79. The lowest BCUT2D eigenvalue weighted by molar-refractivity contribution is -0.116. The first-order chi connectivity index (χ1) is 10.9. The van der Waals surface area contributed by atoms with E-state index in [0.29, 0.717) is 24.5 Å². The molecule has 5 nitrogen and oxygen atoms in total. The zero-order chi connectivity index (χ0) is 16.9. The zero-order valence-corrected chi connectivity index (χ0v) is 14.1. The number of fused-ring (bicyclic) bond motifs is 1. The van der Waals surface area contributed by atoms with Crippen molar-refractivity contribution in [1.29, 1.82) is 0 Å². The molecule has 1 aromatic rings. The summed E-state index contributed by atoms with van der Waals surface area (Å²) >= 11 is 0. The fourth-order valence-electron chi connectivity index (χ4n) is 2.69. The molecule has 4 N–H and O–H groups in total. The highest BCUT2D eigenvalue weighted by molar-refractivity contribution is 5.92. The number of hydrogen-bond acceptors (Lipinski definition) is 4. The minimum atomic E-state index is -1.33. The van der Waals surface area contributed by atoms with Crippen LogP contribution >= 0.6 is 0 Å². The average Bonchev–Trinajstić information content (AvgIpc) is 2.71. The fourth-order valence-corrected chi connectivity index (χ4v) is 2.69. The van der Waals surface area contributed by atoms with Gasteiger partial charge in [-0.3, -0.25) is 4.79 Å². The van der Waals surface area contributed by atoms with E-state index in [1.54, 1.807) is 0 Å². The van der Waals surface area contributed by atoms with Gasteiger partial charge in [0.2, 0.25) is 5.91 Å². The summed E-state index contributed by atoms with van der Waals surface area (Å²) in [6.07, 6.45) is 4.54. The molecule has 1 amide bonds. The third-order valence-electron chi connectivity index (χ3n) is 4.48. The number of nitrogens with one attached hydrogen (secondary N) is 1. The number of anilines is 1. The summed E-state index contributed by atoms with van der Waals surface area (Å²) in [5.74, 6) is 1.26. The number of carbonyl (C=O) groups excluding carboxylic acids is 1. The number of ether oxygens (including phenoxy) is 1. The third kappa shape index (κ3) is 5.22. The molecule has 0 saturated heterocycles. The summed E-state index contributed by atoms with van der Waals surface area (Å²) in [7, 11) is 0. The SMILES string of the molecule is CCC(C)CCC(N)(O)COc1cccc2c1CCCC(=O)N2. The fraction of sp³-hybridized carbons (Fsp3) is 0.611. The Kier molecular flexibility index (Phi) is 6.02. The van der Waals surface area contributed by atoms with Crippen molar-refractivity contribution in [3.63, 3.8) is 0 Å². The summed E-state index contributed by atoms with van der Waals surface area (Å²) in [5, 5.41) is 13.2. The number of amides is 1. The Morgan fingerprint density at radius 3 is 2.96 bits per heavy atom. The number of benzene rings is 1. The van der Waals surface area contributed by atoms with Crippen molar-refractivity contribution in [1.82, 2.24) is 0 Å². The molecule has 2 atom stereocenters. The maximum Gasteiger partial charge on any atom is 0.224 e. The van der Waals surface area contributed by atoms with Crippen LogP contribution in [0.1, 0.15) is 51.5 Å². The van der Waals surface area contributed by atoms with Crippen molar-refractivity contribution in [2.45, 2.75) is 58.1 Å². The van der Waals surface area contributed by atoms with Crippen LogP contribution in [0.2, 0.25) is 0 Å². The van der Waals surface area contributed by atoms with Crippen LogP contribution in [0.5, 0.6) is 5.75 Å². The van der Waals surface area contributed by atoms with Crippen LogP contribution in [0, 0.1) is 5.92 Å². The van der Waals surface area contributed by atoms with Crippen LogP contribution in [-0.4, -0.2) is 23.3 Å². The molecule has 1 aromatic carbocycles. The number of nitrogens with two attached hydrogens (primary N) is 1. The van der Waals surface area contributed by atoms with Crippen molar-refractivity contribution in [2.75, 3.05) is 11.9 Å². The van der Waals surface area contributed by atoms with Crippen molar-refractivity contribution in [2.24, 2.45) is 11.7 Å². The summed E-state index contributed by atoms with van der Waals surface area (Å²) in [6.45, 7) is 4.33. The lowest BCUT2D eigenvalue weighted by Gasteiger charge is -2.25. The molecule has 2 rings (SSSR count). The predicted molar refractivity (Wildman–Crippen MR) is 91.3 cm³/mol. The minimum Gasteiger partial charge on any atom is -0.489 e. The first kappa shape index (κ1) is 17.8. The van der Waals surface area contributed by atoms with Crippen molar-refractivity contribution in [3.05, 3.63) is 23.8 Å². The number of carbonyl (C=O) groups is 1. The van der Waals surface area contributed by atoms with Gasteiger partial charge in [0.25, 0.3) is 0 Å². The average molecular weight is 320 g/mol. The summed E-state index contributed by atoms with van der Waals surface area (Å²) in [5.41, 5.74) is 6.40. The maximum atomic E-state index is 11.6. The Bertz CT molecular complexity index is 543. The van der Waals surface area contributed by atoms with E-state index in [1.165, 1.54) is 0 Å². The second-order valence-corrected chi connectivity index (χ2v) is 6.63. The van der Waals surface area contributed by atoms with Gasteiger partial charge in [0.05, 0.1) is 0 Å². The molecule has 0 aliphatic carbocycles. The molecule has 0 aromatic heterocycles. The van der Waals surface area contributed by atoms with E-state index in [4.69, 9.17) is 10.5 Å². The Hall–Kier alpha value is -1.59. The van der Waals surface area contributed by atoms with E-state index in [2.05, 4.69) is 19.2 Å². The smallest absolute Gasteiger partial charge is 0.224 e. The highest BCUT2D eigenvalue weighted by Gasteiger charge is 2.24. The second-order valence-electron chi connectivity index (χ2n) is 6.63. The molecule has 0 saturated carbocycles.